The monoisotopic (exact) mass is 401 g/mol. The van der Waals surface area contributed by atoms with Crippen molar-refractivity contribution in [3.05, 3.63) is 42.5 Å². The number of benzene rings is 1. The number of likely N-dealkylation sites (tertiary alicyclic amines) is 1. The van der Waals surface area contributed by atoms with Gasteiger partial charge in [0.05, 0.1) is 0 Å². The van der Waals surface area contributed by atoms with Gasteiger partial charge in [-0.25, -0.2) is 0 Å². The molecule has 2 heterocycles. The quantitative estimate of drug-likeness (QED) is 0.644. The highest BCUT2D eigenvalue weighted by Gasteiger charge is 2.34. The van der Waals surface area contributed by atoms with E-state index in [1.54, 1.807) is 6.08 Å². The lowest BCUT2D eigenvalue weighted by atomic mass is 9.97. The minimum atomic E-state index is 0.263. The molecule has 2 aliphatic rings. The SMILES string of the molecule is C=CCOc1ccccc1CN1CCN(C2CCN(C(C)C)CC2)C(CCO)C1. The van der Waals surface area contributed by atoms with Gasteiger partial charge in [0.15, 0.2) is 0 Å². The van der Waals surface area contributed by atoms with E-state index in [4.69, 9.17) is 4.74 Å². The standard InChI is InChI=1S/C24H39N3O2/c1-4-17-29-24-8-6-5-7-21(24)18-25-14-15-27(23(19-25)11-16-28)22-9-12-26(13-10-22)20(2)3/h4-8,20,22-23,28H,1,9-19H2,2-3H3. The van der Waals surface area contributed by atoms with Gasteiger partial charge in [-0.2, -0.15) is 0 Å². The third kappa shape index (κ3) is 6.05. The molecule has 0 amide bonds. The summed E-state index contributed by atoms with van der Waals surface area (Å²) in [6.45, 7) is 15.6. The number of para-hydroxylation sites is 1. The molecule has 5 heteroatoms. The number of ether oxygens (including phenoxy) is 1. The Morgan fingerprint density at radius 3 is 2.62 bits per heavy atom. The number of hydrogen-bond acceptors (Lipinski definition) is 5. The highest BCUT2D eigenvalue weighted by molar-refractivity contribution is 5.33. The first-order valence-corrected chi connectivity index (χ1v) is 11.3. The van der Waals surface area contributed by atoms with Gasteiger partial charge >= 0.3 is 0 Å². The summed E-state index contributed by atoms with van der Waals surface area (Å²) in [5.74, 6) is 0.953. The third-order valence-corrected chi connectivity index (χ3v) is 6.50. The Morgan fingerprint density at radius 2 is 1.93 bits per heavy atom. The van der Waals surface area contributed by atoms with E-state index in [1.807, 2.05) is 12.1 Å². The summed E-state index contributed by atoms with van der Waals surface area (Å²) in [5, 5.41) is 9.68. The van der Waals surface area contributed by atoms with Crippen molar-refractivity contribution >= 4 is 0 Å². The largest absolute Gasteiger partial charge is 0.489 e. The van der Waals surface area contributed by atoms with E-state index in [0.29, 0.717) is 24.7 Å². The summed E-state index contributed by atoms with van der Waals surface area (Å²) in [6, 6.07) is 10.1. The molecule has 0 radical (unpaired) electrons. The predicted molar refractivity (Wildman–Crippen MR) is 119 cm³/mol. The Morgan fingerprint density at radius 1 is 1.17 bits per heavy atom. The molecular formula is C24H39N3O2. The van der Waals surface area contributed by atoms with Crippen LogP contribution in [0.15, 0.2) is 36.9 Å². The molecule has 2 saturated heterocycles. The first kappa shape index (κ1) is 22.3. The van der Waals surface area contributed by atoms with Crippen molar-refractivity contribution in [3.8, 4) is 5.75 Å². The molecule has 1 aromatic carbocycles. The number of rotatable bonds is 9. The van der Waals surface area contributed by atoms with E-state index >= 15 is 0 Å². The van der Waals surface area contributed by atoms with Gasteiger partial charge in [-0.1, -0.05) is 30.9 Å². The Labute approximate surface area is 176 Å². The van der Waals surface area contributed by atoms with Crippen LogP contribution in [0.25, 0.3) is 0 Å². The number of piperazine rings is 1. The maximum Gasteiger partial charge on any atom is 0.124 e. The first-order valence-electron chi connectivity index (χ1n) is 11.3. The zero-order valence-corrected chi connectivity index (χ0v) is 18.3. The third-order valence-electron chi connectivity index (χ3n) is 6.50. The first-order chi connectivity index (χ1) is 14.1. The van der Waals surface area contributed by atoms with Crippen molar-refractivity contribution in [2.45, 2.75) is 57.8 Å². The zero-order chi connectivity index (χ0) is 20.6. The smallest absolute Gasteiger partial charge is 0.124 e. The van der Waals surface area contributed by atoms with Crippen LogP contribution in [0.5, 0.6) is 5.75 Å². The average molecular weight is 402 g/mol. The highest BCUT2D eigenvalue weighted by Crippen LogP contribution is 2.26. The van der Waals surface area contributed by atoms with Crippen LogP contribution in [-0.2, 0) is 6.54 Å². The van der Waals surface area contributed by atoms with Gasteiger partial charge in [0.25, 0.3) is 0 Å². The Bertz CT molecular complexity index is 628. The van der Waals surface area contributed by atoms with Crippen LogP contribution < -0.4 is 4.74 Å². The summed E-state index contributed by atoms with van der Waals surface area (Å²) in [6.07, 6.45) is 5.14. The summed E-state index contributed by atoms with van der Waals surface area (Å²) in [5.41, 5.74) is 1.23. The summed E-state index contributed by atoms with van der Waals surface area (Å²) in [4.78, 5) is 7.81. The molecule has 1 atom stereocenters. The average Bonchev–Trinajstić information content (AvgIpc) is 2.74. The fraction of sp³-hybridized carbons (Fsp3) is 0.667. The van der Waals surface area contributed by atoms with E-state index in [0.717, 1.165) is 38.3 Å². The second kappa shape index (κ2) is 11.1. The number of hydrogen-bond donors (Lipinski definition) is 1. The summed E-state index contributed by atoms with van der Waals surface area (Å²) < 4.78 is 5.85. The molecule has 1 aromatic rings. The molecule has 0 bridgehead atoms. The van der Waals surface area contributed by atoms with Crippen LogP contribution in [0.4, 0.5) is 0 Å². The molecule has 162 valence electrons. The molecule has 1 N–H and O–H groups in total. The van der Waals surface area contributed by atoms with Crippen LogP contribution in [0.2, 0.25) is 0 Å². The second-order valence-electron chi connectivity index (χ2n) is 8.71. The van der Waals surface area contributed by atoms with Crippen molar-refractivity contribution in [1.82, 2.24) is 14.7 Å². The van der Waals surface area contributed by atoms with Gasteiger partial charge in [-0.3, -0.25) is 9.80 Å². The minimum Gasteiger partial charge on any atom is -0.489 e. The van der Waals surface area contributed by atoms with Gasteiger partial charge in [-0.05, 0) is 52.3 Å². The molecule has 0 aromatic heterocycles. The van der Waals surface area contributed by atoms with Crippen molar-refractivity contribution in [2.24, 2.45) is 0 Å². The fourth-order valence-electron chi connectivity index (χ4n) is 4.86. The lowest BCUT2D eigenvalue weighted by molar-refractivity contribution is -0.000213. The normalized spacial score (nSPS) is 22.8. The summed E-state index contributed by atoms with van der Waals surface area (Å²) >= 11 is 0. The Hall–Kier alpha value is -1.40. The number of aliphatic hydroxyl groups excluding tert-OH is 1. The van der Waals surface area contributed by atoms with Crippen LogP contribution in [0.3, 0.4) is 0 Å². The maximum atomic E-state index is 9.68. The van der Waals surface area contributed by atoms with Gasteiger partial charge in [0.1, 0.15) is 12.4 Å². The number of aliphatic hydroxyl groups is 1. The van der Waals surface area contributed by atoms with Crippen LogP contribution in [-0.4, -0.2) is 83.9 Å². The topological polar surface area (TPSA) is 39.2 Å². The lowest BCUT2D eigenvalue weighted by Crippen LogP contribution is -2.58. The van der Waals surface area contributed by atoms with E-state index in [9.17, 15) is 5.11 Å². The van der Waals surface area contributed by atoms with E-state index in [2.05, 4.69) is 47.3 Å². The van der Waals surface area contributed by atoms with Crippen molar-refractivity contribution in [1.29, 1.82) is 0 Å². The van der Waals surface area contributed by atoms with Crippen molar-refractivity contribution < 1.29 is 9.84 Å². The fourth-order valence-corrected chi connectivity index (χ4v) is 4.86. The molecule has 5 nitrogen and oxygen atoms in total. The Balaban J connectivity index is 1.60. The van der Waals surface area contributed by atoms with E-state index < -0.39 is 0 Å². The molecule has 0 aliphatic carbocycles. The molecule has 0 saturated carbocycles. The minimum absolute atomic E-state index is 0.263. The predicted octanol–water partition coefficient (Wildman–Crippen LogP) is 2.99. The van der Waals surface area contributed by atoms with Crippen molar-refractivity contribution in [3.63, 3.8) is 0 Å². The van der Waals surface area contributed by atoms with Gasteiger partial charge in [-0.15, -0.1) is 0 Å². The Kier molecular flexibility index (Phi) is 8.54. The molecule has 0 spiro atoms. The van der Waals surface area contributed by atoms with E-state index in [1.165, 1.54) is 31.5 Å². The van der Waals surface area contributed by atoms with Crippen LogP contribution >= 0.6 is 0 Å². The number of nitrogens with zero attached hydrogens (tertiary/aromatic N) is 3. The van der Waals surface area contributed by atoms with Crippen LogP contribution in [0, 0.1) is 0 Å². The highest BCUT2D eigenvalue weighted by atomic mass is 16.5. The molecule has 29 heavy (non-hydrogen) atoms. The van der Waals surface area contributed by atoms with Gasteiger partial charge in [0.2, 0.25) is 0 Å². The molecular weight excluding hydrogens is 362 g/mol. The van der Waals surface area contributed by atoms with Gasteiger partial charge in [0, 0.05) is 56.5 Å². The molecule has 1 unspecified atom stereocenters. The lowest BCUT2D eigenvalue weighted by Gasteiger charge is -2.48. The second-order valence-corrected chi connectivity index (χ2v) is 8.71. The zero-order valence-electron chi connectivity index (χ0n) is 18.3. The van der Waals surface area contributed by atoms with Crippen LogP contribution in [0.1, 0.15) is 38.7 Å². The molecule has 3 rings (SSSR count). The van der Waals surface area contributed by atoms with Gasteiger partial charge < -0.3 is 14.7 Å². The van der Waals surface area contributed by atoms with Crippen molar-refractivity contribution in [2.75, 3.05) is 45.9 Å². The molecule has 2 fully saturated rings. The summed E-state index contributed by atoms with van der Waals surface area (Å²) in [7, 11) is 0. The molecule has 2 aliphatic heterocycles. The maximum absolute atomic E-state index is 9.68. The van der Waals surface area contributed by atoms with E-state index in [-0.39, 0.29) is 6.61 Å². The number of piperidine rings is 1.